The van der Waals surface area contributed by atoms with Crippen molar-refractivity contribution < 1.29 is 40.2 Å². The van der Waals surface area contributed by atoms with Gasteiger partial charge < -0.3 is 4.55 Å². The third kappa shape index (κ3) is 2.70. The van der Waals surface area contributed by atoms with Gasteiger partial charge in [-0.1, -0.05) is 0 Å². The molecule has 1 fully saturated rings. The van der Waals surface area contributed by atoms with Gasteiger partial charge in [0.25, 0.3) is 0 Å². The van der Waals surface area contributed by atoms with Crippen molar-refractivity contribution in [2.45, 2.75) is 18.1 Å². The van der Waals surface area contributed by atoms with Crippen LogP contribution in [0.2, 0.25) is 0 Å². The minimum Gasteiger partial charge on any atom is -0.747 e. The SMILES string of the molecule is CC1(S(=O)(=O)[O-])CCS(=O)(=O)C1.[Li+]. The van der Waals surface area contributed by atoms with E-state index < -0.39 is 30.5 Å². The van der Waals surface area contributed by atoms with Gasteiger partial charge in [0.15, 0.2) is 9.84 Å². The van der Waals surface area contributed by atoms with Crippen molar-refractivity contribution in [1.29, 1.82) is 0 Å². The third-order valence-electron chi connectivity index (χ3n) is 2.07. The van der Waals surface area contributed by atoms with Crippen molar-refractivity contribution in [1.82, 2.24) is 0 Å². The van der Waals surface area contributed by atoms with Crippen LogP contribution in [-0.4, -0.2) is 37.6 Å². The van der Waals surface area contributed by atoms with Crippen LogP contribution in [0.5, 0.6) is 0 Å². The fraction of sp³-hybridized carbons (Fsp3) is 1.00. The molecule has 0 aromatic heterocycles. The Labute approximate surface area is 89.7 Å². The van der Waals surface area contributed by atoms with Crippen molar-refractivity contribution in [3.05, 3.63) is 0 Å². The Morgan fingerprint density at radius 1 is 1.38 bits per heavy atom. The van der Waals surface area contributed by atoms with Gasteiger partial charge in [0, 0.05) is 0 Å². The quantitative estimate of drug-likeness (QED) is 0.333. The third-order valence-corrected chi connectivity index (χ3v) is 5.71. The van der Waals surface area contributed by atoms with Crippen molar-refractivity contribution in [2.24, 2.45) is 0 Å². The van der Waals surface area contributed by atoms with Gasteiger partial charge in [-0.25, -0.2) is 16.8 Å². The Balaban J connectivity index is 0.00000144. The fourth-order valence-electron chi connectivity index (χ4n) is 1.18. The first-order valence-electron chi connectivity index (χ1n) is 3.32. The molecule has 1 atom stereocenters. The van der Waals surface area contributed by atoms with Crippen molar-refractivity contribution in [3.63, 3.8) is 0 Å². The summed E-state index contributed by atoms with van der Waals surface area (Å²) in [5.41, 5.74) is 0. The second kappa shape index (κ2) is 3.55. The van der Waals surface area contributed by atoms with Crippen LogP contribution in [0.4, 0.5) is 0 Å². The molecule has 0 aromatic carbocycles. The summed E-state index contributed by atoms with van der Waals surface area (Å²) in [5, 5.41) is 0. The molecule has 0 aliphatic carbocycles. The molecule has 0 aromatic rings. The van der Waals surface area contributed by atoms with Gasteiger partial charge >= 0.3 is 18.9 Å². The molecule has 1 aliphatic heterocycles. The van der Waals surface area contributed by atoms with E-state index in [1.54, 1.807) is 0 Å². The van der Waals surface area contributed by atoms with Gasteiger partial charge in [-0.3, -0.25) is 0 Å². The summed E-state index contributed by atoms with van der Waals surface area (Å²) in [6.07, 6.45) is -0.0822. The van der Waals surface area contributed by atoms with Crippen LogP contribution in [0.1, 0.15) is 13.3 Å². The Kier molecular flexibility index (Phi) is 3.68. The zero-order chi connectivity index (χ0) is 9.62. The molecule has 0 bridgehead atoms. The van der Waals surface area contributed by atoms with E-state index >= 15 is 0 Å². The second-order valence-electron chi connectivity index (χ2n) is 3.25. The van der Waals surface area contributed by atoms with Crippen molar-refractivity contribution in [3.8, 4) is 0 Å². The molecule has 13 heavy (non-hydrogen) atoms. The first-order valence-corrected chi connectivity index (χ1v) is 6.55. The Hall–Kier alpha value is 0.457. The second-order valence-corrected chi connectivity index (χ2v) is 7.32. The Bertz CT molecular complexity index is 383. The molecule has 1 unspecified atom stereocenters. The molecule has 8 heteroatoms. The van der Waals surface area contributed by atoms with E-state index in [9.17, 15) is 21.4 Å². The van der Waals surface area contributed by atoms with E-state index in [1.807, 2.05) is 0 Å². The van der Waals surface area contributed by atoms with Crippen LogP contribution in [0.15, 0.2) is 0 Å². The molecule has 72 valence electrons. The maximum Gasteiger partial charge on any atom is 1.00 e. The maximum absolute atomic E-state index is 10.9. The fourth-order valence-corrected chi connectivity index (χ4v) is 4.76. The molecule has 0 saturated carbocycles. The number of hydrogen-bond acceptors (Lipinski definition) is 5. The molecule has 5 nitrogen and oxygen atoms in total. The average Bonchev–Trinajstić information content (AvgIpc) is 2.05. The summed E-state index contributed by atoms with van der Waals surface area (Å²) in [7, 11) is -7.82. The van der Waals surface area contributed by atoms with E-state index in [0.717, 1.165) is 0 Å². The van der Waals surface area contributed by atoms with Crippen molar-refractivity contribution in [2.75, 3.05) is 11.5 Å². The van der Waals surface area contributed by atoms with E-state index in [0.29, 0.717) is 0 Å². The Morgan fingerprint density at radius 3 is 2.00 bits per heavy atom. The molecular formula is C5H9LiO5S2. The Morgan fingerprint density at radius 2 is 1.85 bits per heavy atom. The largest absolute Gasteiger partial charge is 1.00 e. The van der Waals surface area contributed by atoms with Gasteiger partial charge in [-0.15, -0.1) is 0 Å². The van der Waals surface area contributed by atoms with Gasteiger partial charge in [0.05, 0.1) is 16.3 Å². The van der Waals surface area contributed by atoms with Gasteiger partial charge in [0.1, 0.15) is 10.1 Å². The van der Waals surface area contributed by atoms with Crippen LogP contribution in [0.3, 0.4) is 0 Å². The number of sulfone groups is 1. The topological polar surface area (TPSA) is 91.3 Å². The number of hydrogen-bond donors (Lipinski definition) is 0. The first kappa shape index (κ1) is 13.5. The van der Waals surface area contributed by atoms with Crippen LogP contribution in [0, 0.1) is 0 Å². The normalized spacial score (nSPS) is 32.5. The molecule has 0 amide bonds. The summed E-state index contributed by atoms with van der Waals surface area (Å²) >= 11 is 0. The monoisotopic (exact) mass is 220 g/mol. The zero-order valence-electron chi connectivity index (χ0n) is 7.48. The molecule has 0 spiro atoms. The molecular weight excluding hydrogens is 211 g/mol. The first-order chi connectivity index (χ1) is 5.16. The summed E-state index contributed by atoms with van der Waals surface area (Å²) in [6.45, 7) is 1.18. The van der Waals surface area contributed by atoms with Gasteiger partial charge in [-0.2, -0.15) is 0 Å². The number of rotatable bonds is 1. The molecule has 0 radical (unpaired) electrons. The van der Waals surface area contributed by atoms with Crippen LogP contribution in [0.25, 0.3) is 0 Å². The smallest absolute Gasteiger partial charge is 0.747 e. The minimum absolute atomic E-state index is 0. The predicted octanol–water partition coefficient (Wildman–Crippen LogP) is -3.89. The molecule has 1 aliphatic rings. The minimum atomic E-state index is -4.50. The van der Waals surface area contributed by atoms with Crippen LogP contribution < -0.4 is 18.9 Å². The predicted molar refractivity (Wildman–Crippen MR) is 41.4 cm³/mol. The summed E-state index contributed by atoms with van der Waals surface area (Å²) < 4.78 is 52.0. The van der Waals surface area contributed by atoms with E-state index in [2.05, 4.69) is 0 Å². The summed E-state index contributed by atoms with van der Waals surface area (Å²) in [5.74, 6) is -0.739. The van der Waals surface area contributed by atoms with E-state index in [1.165, 1.54) is 6.92 Å². The molecule has 1 saturated heterocycles. The van der Waals surface area contributed by atoms with Crippen LogP contribution >= 0.6 is 0 Å². The van der Waals surface area contributed by atoms with E-state index in [-0.39, 0.29) is 31.0 Å². The molecule has 1 heterocycles. The standard InChI is InChI=1S/C5H10O5S2.Li/c1-5(12(8,9)10)2-3-11(6,7)4-5;/h2-4H2,1H3,(H,8,9,10);/q;+1/p-1. The van der Waals surface area contributed by atoms with Gasteiger partial charge in [-0.05, 0) is 13.3 Å². The zero-order valence-corrected chi connectivity index (χ0v) is 9.11. The summed E-state index contributed by atoms with van der Waals surface area (Å²) in [6, 6.07) is 0. The molecule has 0 N–H and O–H groups in total. The molecule has 1 rings (SSSR count). The van der Waals surface area contributed by atoms with Crippen LogP contribution in [-0.2, 0) is 20.0 Å². The average molecular weight is 220 g/mol. The van der Waals surface area contributed by atoms with Crippen molar-refractivity contribution >= 4 is 20.0 Å². The summed E-state index contributed by atoms with van der Waals surface area (Å²) in [4.78, 5) is 0. The van der Waals surface area contributed by atoms with Gasteiger partial charge in [0.2, 0.25) is 0 Å². The maximum atomic E-state index is 10.9. The van der Waals surface area contributed by atoms with E-state index in [4.69, 9.17) is 0 Å².